The summed E-state index contributed by atoms with van der Waals surface area (Å²) >= 11 is 0. The summed E-state index contributed by atoms with van der Waals surface area (Å²) in [7, 11) is 0. The van der Waals surface area contributed by atoms with Gasteiger partial charge < -0.3 is 13.4 Å². The third kappa shape index (κ3) is 3.96. The SMILES string of the molecule is c1ccc(-n2c3ccccc3c3cc(-c4ccc5oc6cc7oc8ccc(-c9ccc%10c(c9)-c9ccccc9C%10)cc8c7cc6c5c4)ccc32)cc1. The van der Waals surface area contributed by atoms with Crippen LogP contribution in [0.3, 0.4) is 0 Å². The fraction of sp³-hybridized carbons (Fsp3) is 0.0204. The van der Waals surface area contributed by atoms with Crippen molar-refractivity contribution in [1.82, 2.24) is 4.57 Å². The summed E-state index contributed by atoms with van der Waals surface area (Å²) in [6.07, 6.45) is 1.00. The van der Waals surface area contributed by atoms with E-state index < -0.39 is 0 Å². The van der Waals surface area contributed by atoms with Crippen molar-refractivity contribution in [2.24, 2.45) is 0 Å². The van der Waals surface area contributed by atoms with E-state index in [9.17, 15) is 0 Å². The first-order valence-corrected chi connectivity index (χ1v) is 17.9. The summed E-state index contributed by atoms with van der Waals surface area (Å²) in [5, 5.41) is 6.89. The lowest BCUT2D eigenvalue weighted by Crippen LogP contribution is -1.92. The number of nitrogens with zero attached hydrogens (tertiary/aromatic N) is 1. The van der Waals surface area contributed by atoms with Crippen LogP contribution in [0.1, 0.15) is 11.1 Å². The van der Waals surface area contributed by atoms with Crippen LogP contribution in [0.15, 0.2) is 173 Å². The number of rotatable bonds is 3. The van der Waals surface area contributed by atoms with Gasteiger partial charge in [0.1, 0.15) is 22.3 Å². The van der Waals surface area contributed by atoms with Crippen molar-refractivity contribution < 1.29 is 8.83 Å². The fourth-order valence-corrected chi connectivity index (χ4v) is 8.72. The second kappa shape index (κ2) is 10.3. The van der Waals surface area contributed by atoms with Crippen LogP contribution in [-0.4, -0.2) is 4.57 Å². The molecule has 3 heterocycles. The molecule has 0 spiro atoms. The van der Waals surface area contributed by atoms with Crippen molar-refractivity contribution in [3.8, 4) is 39.1 Å². The quantitative estimate of drug-likeness (QED) is 0.188. The van der Waals surface area contributed by atoms with Crippen LogP contribution >= 0.6 is 0 Å². The van der Waals surface area contributed by atoms with Crippen LogP contribution in [-0.2, 0) is 6.42 Å². The minimum atomic E-state index is 0.831. The molecule has 0 unspecified atom stereocenters. The smallest absolute Gasteiger partial charge is 0.139 e. The lowest BCUT2D eigenvalue weighted by molar-refractivity contribution is 0.656. The Morgan fingerprint density at radius 2 is 0.904 bits per heavy atom. The van der Waals surface area contributed by atoms with Crippen molar-refractivity contribution in [2.45, 2.75) is 6.42 Å². The van der Waals surface area contributed by atoms with E-state index in [2.05, 4.69) is 168 Å². The Kier molecular flexibility index (Phi) is 5.56. The molecular weight excluding hydrogens is 635 g/mol. The Morgan fingerprint density at radius 1 is 0.346 bits per heavy atom. The standard InChI is InChI=1S/C49H29NO2/c1-2-9-35(10-3-1)50-44-13-7-6-12-37(44)39-24-30(16-19-45(39)50)32-18-21-47-41(26-32)43-27-42-40-25-31(17-20-46(40)51-48(42)28-49(43)52-47)29-14-15-34-22-33-8-4-5-11-36(33)38(34)23-29/h1-21,23-28H,22H2. The average Bonchev–Trinajstić information content (AvgIpc) is 3.95. The largest absolute Gasteiger partial charge is 0.456 e. The van der Waals surface area contributed by atoms with Gasteiger partial charge in [-0.15, -0.1) is 0 Å². The van der Waals surface area contributed by atoms with E-state index in [1.807, 2.05) is 0 Å². The Balaban J connectivity index is 0.991. The summed E-state index contributed by atoms with van der Waals surface area (Å²) in [6.45, 7) is 0. The highest BCUT2D eigenvalue weighted by Crippen LogP contribution is 2.42. The maximum Gasteiger partial charge on any atom is 0.139 e. The topological polar surface area (TPSA) is 31.2 Å². The summed E-state index contributed by atoms with van der Waals surface area (Å²) < 4.78 is 15.2. The van der Waals surface area contributed by atoms with Gasteiger partial charge in [-0.25, -0.2) is 0 Å². The Bertz CT molecular complexity index is 3260. The molecule has 3 heteroatoms. The highest BCUT2D eigenvalue weighted by molar-refractivity contribution is 6.16. The molecule has 0 atom stereocenters. The summed E-state index contributed by atoms with van der Waals surface area (Å²) in [5.74, 6) is 0. The summed E-state index contributed by atoms with van der Waals surface area (Å²) in [5.41, 5.74) is 17.2. The van der Waals surface area contributed by atoms with Crippen LogP contribution in [0.2, 0.25) is 0 Å². The van der Waals surface area contributed by atoms with E-state index in [0.717, 1.165) is 61.5 Å². The molecule has 1 aliphatic rings. The van der Waals surface area contributed by atoms with Gasteiger partial charge in [0.05, 0.1) is 11.0 Å². The van der Waals surface area contributed by atoms with Gasteiger partial charge in [0, 0.05) is 44.1 Å². The first-order chi connectivity index (χ1) is 25.7. The van der Waals surface area contributed by atoms with E-state index >= 15 is 0 Å². The molecule has 11 aromatic rings. The number of para-hydroxylation sites is 2. The maximum absolute atomic E-state index is 6.43. The van der Waals surface area contributed by atoms with Gasteiger partial charge in [0.2, 0.25) is 0 Å². The minimum absolute atomic E-state index is 0.831. The molecule has 0 fully saturated rings. The highest BCUT2D eigenvalue weighted by Gasteiger charge is 2.20. The van der Waals surface area contributed by atoms with Crippen LogP contribution in [0, 0.1) is 0 Å². The molecule has 0 saturated heterocycles. The number of benzene rings is 8. The zero-order chi connectivity index (χ0) is 33.9. The van der Waals surface area contributed by atoms with Crippen LogP contribution in [0.4, 0.5) is 0 Å². The van der Waals surface area contributed by atoms with Gasteiger partial charge in [0.15, 0.2) is 0 Å². The van der Waals surface area contributed by atoms with Crippen molar-refractivity contribution in [3.05, 3.63) is 175 Å². The Morgan fingerprint density at radius 3 is 1.67 bits per heavy atom. The van der Waals surface area contributed by atoms with Gasteiger partial charge in [-0.05, 0) is 118 Å². The monoisotopic (exact) mass is 663 g/mol. The van der Waals surface area contributed by atoms with E-state index in [0.29, 0.717) is 0 Å². The molecule has 1 aliphatic carbocycles. The van der Waals surface area contributed by atoms with E-state index in [-0.39, 0.29) is 0 Å². The first kappa shape index (κ1) is 27.9. The zero-order valence-electron chi connectivity index (χ0n) is 28.1. The molecule has 52 heavy (non-hydrogen) atoms. The van der Waals surface area contributed by atoms with Crippen molar-refractivity contribution >= 4 is 65.7 Å². The van der Waals surface area contributed by atoms with Crippen LogP contribution in [0.25, 0.3) is 105 Å². The molecule has 0 bridgehead atoms. The second-order valence-electron chi connectivity index (χ2n) is 14.1. The third-order valence-electron chi connectivity index (χ3n) is 11.2. The van der Waals surface area contributed by atoms with Crippen LogP contribution in [0.5, 0.6) is 0 Å². The van der Waals surface area contributed by atoms with Crippen molar-refractivity contribution in [2.75, 3.05) is 0 Å². The molecule has 3 nitrogen and oxygen atoms in total. The normalized spacial score (nSPS) is 12.5. The van der Waals surface area contributed by atoms with E-state index in [1.54, 1.807) is 0 Å². The maximum atomic E-state index is 6.43. The zero-order valence-corrected chi connectivity index (χ0v) is 28.1. The lowest BCUT2D eigenvalue weighted by atomic mass is 9.97. The molecule has 8 aromatic carbocycles. The lowest BCUT2D eigenvalue weighted by Gasteiger charge is -2.08. The number of aromatic nitrogens is 1. The predicted molar refractivity (Wildman–Crippen MR) is 214 cm³/mol. The van der Waals surface area contributed by atoms with Crippen molar-refractivity contribution in [1.29, 1.82) is 0 Å². The van der Waals surface area contributed by atoms with Gasteiger partial charge in [-0.2, -0.15) is 0 Å². The fourth-order valence-electron chi connectivity index (χ4n) is 8.72. The first-order valence-electron chi connectivity index (χ1n) is 17.9. The summed E-state index contributed by atoms with van der Waals surface area (Å²) in [4.78, 5) is 0. The van der Waals surface area contributed by atoms with Gasteiger partial charge in [0.25, 0.3) is 0 Å². The predicted octanol–water partition coefficient (Wildman–Crippen LogP) is 13.5. The molecule has 0 N–H and O–H groups in total. The Hall–Kier alpha value is -6.84. The molecule has 0 saturated carbocycles. The third-order valence-corrected chi connectivity index (χ3v) is 11.2. The molecule has 12 rings (SSSR count). The van der Waals surface area contributed by atoms with Gasteiger partial charge in [-0.1, -0.05) is 91.0 Å². The summed E-state index contributed by atoms with van der Waals surface area (Å²) in [6, 6.07) is 59.2. The molecule has 0 radical (unpaired) electrons. The average molecular weight is 664 g/mol. The van der Waals surface area contributed by atoms with Crippen LogP contribution < -0.4 is 0 Å². The number of fused-ring (bicyclic) bond motifs is 12. The number of hydrogen-bond donors (Lipinski definition) is 0. The van der Waals surface area contributed by atoms with E-state index in [1.165, 1.54) is 60.8 Å². The van der Waals surface area contributed by atoms with Gasteiger partial charge >= 0.3 is 0 Å². The highest BCUT2D eigenvalue weighted by atomic mass is 16.3. The minimum Gasteiger partial charge on any atom is -0.456 e. The van der Waals surface area contributed by atoms with Gasteiger partial charge in [-0.3, -0.25) is 0 Å². The van der Waals surface area contributed by atoms with Crippen molar-refractivity contribution in [3.63, 3.8) is 0 Å². The molecule has 3 aromatic heterocycles. The molecular formula is C49H29NO2. The molecule has 242 valence electrons. The van der Waals surface area contributed by atoms with E-state index in [4.69, 9.17) is 8.83 Å². The number of furan rings is 2. The molecule has 0 amide bonds. The second-order valence-corrected chi connectivity index (χ2v) is 14.1. The Labute approximate surface area is 298 Å². The molecule has 0 aliphatic heterocycles. The number of hydrogen-bond acceptors (Lipinski definition) is 2.